The van der Waals surface area contributed by atoms with Gasteiger partial charge < -0.3 is 14.4 Å². The molecular weight excluding hydrogens is 314 g/mol. The van der Waals surface area contributed by atoms with Crippen LogP contribution in [-0.2, 0) is 9.47 Å². The lowest BCUT2D eigenvalue weighted by molar-refractivity contribution is 0.141. The molecule has 0 unspecified atom stereocenters. The number of ether oxygens (including phenoxy) is 2. The lowest BCUT2D eigenvalue weighted by Crippen LogP contribution is -2.31. The van der Waals surface area contributed by atoms with Crippen LogP contribution >= 0.6 is 0 Å². The molecule has 2 aromatic carbocycles. The maximum Gasteiger partial charge on any atom is 0.0858 e. The quantitative estimate of drug-likeness (QED) is 0.428. The largest absolute Gasteiger partial charge is 0.380 e. The molecule has 0 saturated carbocycles. The second-order valence-corrected chi connectivity index (χ2v) is 5.43. The third kappa shape index (κ3) is 7.03. The zero-order valence-corrected chi connectivity index (χ0v) is 15.1. The molecule has 0 saturated heterocycles. The maximum atomic E-state index is 5.49. The molecule has 0 bridgehead atoms. The monoisotopic (exact) mass is 341 g/mol. The van der Waals surface area contributed by atoms with Crippen molar-refractivity contribution < 1.29 is 9.47 Å². The summed E-state index contributed by atoms with van der Waals surface area (Å²) in [6, 6.07) is 17.8. The zero-order chi connectivity index (χ0) is 17.7. The van der Waals surface area contributed by atoms with Crippen LogP contribution in [0.2, 0.25) is 0 Å². The molecule has 0 aromatic heterocycles. The highest BCUT2D eigenvalue weighted by Crippen LogP contribution is 2.22. The smallest absolute Gasteiger partial charge is 0.0858 e. The van der Waals surface area contributed by atoms with E-state index in [1.165, 1.54) is 0 Å². The number of hydrogen-bond acceptors (Lipinski definition) is 5. The van der Waals surface area contributed by atoms with E-state index in [0.717, 1.165) is 43.4 Å². The Morgan fingerprint density at radius 3 is 1.76 bits per heavy atom. The Hall–Kier alpha value is -2.24. The van der Waals surface area contributed by atoms with Crippen LogP contribution in [0.1, 0.15) is 13.8 Å². The van der Waals surface area contributed by atoms with Gasteiger partial charge in [0.2, 0.25) is 0 Å². The second-order valence-electron chi connectivity index (χ2n) is 5.43. The Morgan fingerprint density at radius 2 is 1.24 bits per heavy atom. The Balaban J connectivity index is 1.99. The van der Waals surface area contributed by atoms with Crippen molar-refractivity contribution in [3.05, 3.63) is 54.6 Å². The topological polar surface area (TPSA) is 46.4 Å². The normalized spacial score (nSPS) is 11.1. The number of benzene rings is 2. The summed E-state index contributed by atoms with van der Waals surface area (Å²) in [5.41, 5.74) is 2.82. The third-order valence-corrected chi connectivity index (χ3v) is 3.67. The molecule has 5 heteroatoms. The van der Waals surface area contributed by atoms with E-state index in [1.54, 1.807) is 0 Å². The summed E-state index contributed by atoms with van der Waals surface area (Å²) >= 11 is 0. The molecule has 0 aliphatic rings. The molecule has 0 aliphatic carbocycles. The van der Waals surface area contributed by atoms with Crippen molar-refractivity contribution in [1.29, 1.82) is 0 Å². The standard InChI is InChI=1S/C20H27N3O2/c1-3-24-16-14-23(15-17-25-4-2)20-12-10-19(11-13-20)22-21-18-8-6-5-7-9-18/h5-13H,3-4,14-17H2,1-2H3. The van der Waals surface area contributed by atoms with Crippen molar-refractivity contribution in [2.75, 3.05) is 44.4 Å². The van der Waals surface area contributed by atoms with E-state index >= 15 is 0 Å². The minimum Gasteiger partial charge on any atom is -0.380 e. The molecular formula is C20H27N3O2. The van der Waals surface area contributed by atoms with Crippen LogP contribution in [0.15, 0.2) is 64.8 Å². The van der Waals surface area contributed by atoms with Gasteiger partial charge in [0.1, 0.15) is 0 Å². The fourth-order valence-corrected chi connectivity index (χ4v) is 2.35. The summed E-state index contributed by atoms with van der Waals surface area (Å²) in [6.07, 6.45) is 0. The summed E-state index contributed by atoms with van der Waals surface area (Å²) in [4.78, 5) is 2.27. The molecule has 134 valence electrons. The highest BCUT2D eigenvalue weighted by atomic mass is 16.5. The third-order valence-electron chi connectivity index (χ3n) is 3.67. The predicted molar refractivity (Wildman–Crippen MR) is 102 cm³/mol. The van der Waals surface area contributed by atoms with Crippen molar-refractivity contribution >= 4 is 17.1 Å². The summed E-state index contributed by atoms with van der Waals surface area (Å²) in [5.74, 6) is 0. The molecule has 25 heavy (non-hydrogen) atoms. The fourth-order valence-electron chi connectivity index (χ4n) is 2.35. The van der Waals surface area contributed by atoms with Crippen LogP contribution in [0.5, 0.6) is 0 Å². The molecule has 0 radical (unpaired) electrons. The number of azo groups is 1. The Labute approximate surface area is 150 Å². The Morgan fingerprint density at radius 1 is 0.720 bits per heavy atom. The SMILES string of the molecule is CCOCCN(CCOCC)c1ccc(N=Nc2ccccc2)cc1. The molecule has 0 atom stereocenters. The highest BCUT2D eigenvalue weighted by molar-refractivity contribution is 5.53. The van der Waals surface area contributed by atoms with E-state index in [-0.39, 0.29) is 0 Å². The number of nitrogens with zero attached hydrogens (tertiary/aromatic N) is 3. The van der Waals surface area contributed by atoms with Gasteiger partial charge in [-0.25, -0.2) is 0 Å². The van der Waals surface area contributed by atoms with Crippen molar-refractivity contribution in [3.63, 3.8) is 0 Å². The molecule has 0 spiro atoms. The lowest BCUT2D eigenvalue weighted by Gasteiger charge is -2.24. The van der Waals surface area contributed by atoms with E-state index < -0.39 is 0 Å². The van der Waals surface area contributed by atoms with Crippen LogP contribution in [0, 0.1) is 0 Å². The first-order valence-electron chi connectivity index (χ1n) is 8.80. The summed E-state index contributed by atoms with van der Waals surface area (Å²) in [5, 5.41) is 8.53. The maximum absolute atomic E-state index is 5.49. The zero-order valence-electron chi connectivity index (χ0n) is 15.1. The van der Waals surface area contributed by atoms with E-state index in [0.29, 0.717) is 13.2 Å². The molecule has 0 fully saturated rings. The molecule has 5 nitrogen and oxygen atoms in total. The summed E-state index contributed by atoms with van der Waals surface area (Å²) in [6.45, 7) is 8.58. The first-order chi connectivity index (χ1) is 12.3. The molecule has 0 amide bonds. The van der Waals surface area contributed by atoms with Crippen LogP contribution in [0.4, 0.5) is 17.1 Å². The van der Waals surface area contributed by atoms with Crippen molar-refractivity contribution in [3.8, 4) is 0 Å². The van der Waals surface area contributed by atoms with Crippen LogP contribution < -0.4 is 4.90 Å². The Kier molecular flexibility index (Phi) is 8.66. The minimum absolute atomic E-state index is 0.706. The van der Waals surface area contributed by atoms with Crippen LogP contribution in [-0.4, -0.2) is 39.5 Å². The molecule has 0 aliphatic heterocycles. The number of hydrogen-bond donors (Lipinski definition) is 0. The van der Waals surface area contributed by atoms with Crippen LogP contribution in [0.3, 0.4) is 0 Å². The van der Waals surface area contributed by atoms with Gasteiger partial charge in [0.15, 0.2) is 0 Å². The van der Waals surface area contributed by atoms with Crippen molar-refractivity contribution in [1.82, 2.24) is 0 Å². The van der Waals surface area contributed by atoms with Gasteiger partial charge in [0, 0.05) is 32.0 Å². The Bertz CT molecular complexity index is 605. The van der Waals surface area contributed by atoms with Gasteiger partial charge in [-0.1, -0.05) is 18.2 Å². The van der Waals surface area contributed by atoms with Gasteiger partial charge in [0.25, 0.3) is 0 Å². The van der Waals surface area contributed by atoms with Gasteiger partial charge in [-0.2, -0.15) is 10.2 Å². The predicted octanol–water partition coefficient (Wildman–Crippen LogP) is 4.98. The van der Waals surface area contributed by atoms with E-state index in [9.17, 15) is 0 Å². The van der Waals surface area contributed by atoms with Crippen molar-refractivity contribution in [2.45, 2.75) is 13.8 Å². The fraction of sp³-hybridized carbons (Fsp3) is 0.400. The van der Waals surface area contributed by atoms with Gasteiger partial charge in [-0.3, -0.25) is 0 Å². The molecule has 0 heterocycles. The van der Waals surface area contributed by atoms with E-state index in [2.05, 4.69) is 27.3 Å². The summed E-state index contributed by atoms with van der Waals surface area (Å²) < 4.78 is 11.0. The van der Waals surface area contributed by atoms with Gasteiger partial charge in [0.05, 0.1) is 24.6 Å². The van der Waals surface area contributed by atoms with E-state index in [1.807, 2.05) is 56.3 Å². The van der Waals surface area contributed by atoms with Gasteiger partial charge >= 0.3 is 0 Å². The summed E-state index contributed by atoms with van der Waals surface area (Å²) in [7, 11) is 0. The molecule has 2 rings (SSSR count). The molecule has 0 N–H and O–H groups in total. The molecule has 2 aromatic rings. The minimum atomic E-state index is 0.706. The highest BCUT2D eigenvalue weighted by Gasteiger charge is 2.06. The van der Waals surface area contributed by atoms with Crippen molar-refractivity contribution in [2.24, 2.45) is 10.2 Å². The van der Waals surface area contributed by atoms with E-state index in [4.69, 9.17) is 9.47 Å². The van der Waals surface area contributed by atoms with Crippen LogP contribution in [0.25, 0.3) is 0 Å². The number of rotatable bonds is 11. The first kappa shape index (κ1) is 19.1. The van der Waals surface area contributed by atoms with Gasteiger partial charge in [-0.05, 0) is 50.2 Å². The van der Waals surface area contributed by atoms with Gasteiger partial charge in [-0.15, -0.1) is 0 Å². The average Bonchev–Trinajstić information content (AvgIpc) is 2.67. The average molecular weight is 341 g/mol. The first-order valence-corrected chi connectivity index (χ1v) is 8.80. The second kappa shape index (κ2) is 11.3. The lowest BCUT2D eigenvalue weighted by atomic mass is 10.2. The number of anilines is 1.